The number of amides is 2. The predicted molar refractivity (Wildman–Crippen MR) is 104 cm³/mol. The first kappa shape index (κ1) is 19.1. The van der Waals surface area contributed by atoms with Crippen LogP contribution in [-0.2, 0) is 22.4 Å². The molecule has 1 fully saturated rings. The van der Waals surface area contributed by atoms with Crippen molar-refractivity contribution in [2.75, 3.05) is 18.4 Å². The third kappa shape index (κ3) is 5.64. The highest BCUT2D eigenvalue weighted by Crippen LogP contribution is 2.15. The quantitative estimate of drug-likeness (QED) is 0.804. The molecular weight excluding hydrogens is 343 g/mol. The van der Waals surface area contributed by atoms with E-state index in [1.54, 1.807) is 18.2 Å². The van der Waals surface area contributed by atoms with Gasteiger partial charge in [0.05, 0.1) is 0 Å². The molecular formula is C22H25FN2O2. The summed E-state index contributed by atoms with van der Waals surface area (Å²) in [5.74, 6) is -0.202. The Kier molecular flexibility index (Phi) is 6.58. The van der Waals surface area contributed by atoms with E-state index in [4.69, 9.17) is 0 Å². The first-order chi connectivity index (χ1) is 13.1. The van der Waals surface area contributed by atoms with Gasteiger partial charge in [0.1, 0.15) is 5.82 Å². The molecule has 2 amide bonds. The number of halogens is 1. The van der Waals surface area contributed by atoms with Gasteiger partial charge in [-0.1, -0.05) is 30.3 Å². The number of rotatable bonds is 7. The van der Waals surface area contributed by atoms with Crippen molar-refractivity contribution < 1.29 is 14.0 Å². The Bertz CT molecular complexity index is 783. The van der Waals surface area contributed by atoms with Crippen LogP contribution in [0.5, 0.6) is 0 Å². The summed E-state index contributed by atoms with van der Waals surface area (Å²) in [5.41, 5.74) is 2.33. The lowest BCUT2D eigenvalue weighted by Crippen LogP contribution is -2.27. The van der Waals surface area contributed by atoms with Crippen LogP contribution in [0.25, 0.3) is 0 Å². The smallest absolute Gasteiger partial charge is 0.224 e. The molecule has 142 valence electrons. The number of nitrogens with zero attached hydrogens (tertiary/aromatic N) is 1. The Hall–Kier alpha value is -2.69. The number of carbonyl (C=O) groups excluding carboxylic acids is 2. The molecule has 0 unspecified atom stereocenters. The maximum absolute atomic E-state index is 13.6. The van der Waals surface area contributed by atoms with Crippen molar-refractivity contribution in [3.8, 4) is 0 Å². The molecule has 0 spiro atoms. The number of anilines is 1. The highest BCUT2D eigenvalue weighted by Gasteiger charge is 2.17. The van der Waals surface area contributed by atoms with E-state index in [-0.39, 0.29) is 24.1 Å². The minimum atomic E-state index is -0.280. The molecule has 1 N–H and O–H groups in total. The van der Waals surface area contributed by atoms with Crippen LogP contribution in [0.15, 0.2) is 48.5 Å². The molecule has 3 rings (SSSR count). The van der Waals surface area contributed by atoms with Gasteiger partial charge in [-0.3, -0.25) is 9.59 Å². The van der Waals surface area contributed by atoms with Crippen molar-refractivity contribution in [2.24, 2.45) is 0 Å². The van der Waals surface area contributed by atoms with E-state index in [9.17, 15) is 14.0 Å². The van der Waals surface area contributed by atoms with E-state index in [2.05, 4.69) is 5.32 Å². The monoisotopic (exact) mass is 368 g/mol. The topological polar surface area (TPSA) is 49.4 Å². The summed E-state index contributed by atoms with van der Waals surface area (Å²) in [6.07, 6.45) is 4.04. The zero-order valence-corrected chi connectivity index (χ0v) is 15.4. The summed E-state index contributed by atoms with van der Waals surface area (Å²) >= 11 is 0. The maximum atomic E-state index is 13.6. The Morgan fingerprint density at radius 2 is 1.63 bits per heavy atom. The van der Waals surface area contributed by atoms with Crippen molar-refractivity contribution in [3.05, 3.63) is 65.5 Å². The Morgan fingerprint density at radius 1 is 0.926 bits per heavy atom. The van der Waals surface area contributed by atoms with E-state index < -0.39 is 0 Å². The van der Waals surface area contributed by atoms with Gasteiger partial charge in [0.2, 0.25) is 11.8 Å². The van der Waals surface area contributed by atoms with E-state index in [1.807, 2.05) is 29.2 Å². The lowest BCUT2D eigenvalue weighted by molar-refractivity contribution is -0.130. The van der Waals surface area contributed by atoms with Crippen LogP contribution in [0.1, 0.15) is 36.8 Å². The SMILES string of the molecule is O=C(CCc1ccccc1F)Nc1ccc(CCC(=O)N2CCCC2)cc1. The fourth-order valence-electron chi connectivity index (χ4n) is 3.30. The third-order valence-electron chi connectivity index (χ3n) is 4.90. The molecule has 4 nitrogen and oxygen atoms in total. The molecule has 0 aliphatic carbocycles. The van der Waals surface area contributed by atoms with Crippen LogP contribution in [0.4, 0.5) is 10.1 Å². The van der Waals surface area contributed by atoms with E-state index in [1.165, 1.54) is 6.07 Å². The Balaban J connectivity index is 1.43. The number of carbonyl (C=O) groups is 2. The van der Waals surface area contributed by atoms with Crippen LogP contribution in [0.2, 0.25) is 0 Å². The highest BCUT2D eigenvalue weighted by atomic mass is 19.1. The number of aryl methyl sites for hydroxylation is 2. The summed E-state index contributed by atoms with van der Waals surface area (Å²) in [6, 6.07) is 14.1. The molecule has 27 heavy (non-hydrogen) atoms. The summed E-state index contributed by atoms with van der Waals surface area (Å²) < 4.78 is 13.6. The van der Waals surface area contributed by atoms with Crippen LogP contribution in [0.3, 0.4) is 0 Å². The van der Waals surface area contributed by atoms with Gasteiger partial charge in [-0.15, -0.1) is 0 Å². The van der Waals surface area contributed by atoms with Crippen molar-refractivity contribution in [1.82, 2.24) is 4.90 Å². The fraction of sp³-hybridized carbons (Fsp3) is 0.364. The van der Waals surface area contributed by atoms with Crippen molar-refractivity contribution >= 4 is 17.5 Å². The largest absolute Gasteiger partial charge is 0.343 e. The molecule has 2 aromatic carbocycles. The highest BCUT2D eigenvalue weighted by molar-refractivity contribution is 5.90. The van der Waals surface area contributed by atoms with Crippen molar-refractivity contribution in [2.45, 2.75) is 38.5 Å². The first-order valence-electron chi connectivity index (χ1n) is 9.52. The van der Waals surface area contributed by atoms with Gasteiger partial charge in [-0.25, -0.2) is 4.39 Å². The van der Waals surface area contributed by atoms with E-state index in [0.717, 1.165) is 31.5 Å². The molecule has 2 aromatic rings. The summed E-state index contributed by atoms with van der Waals surface area (Å²) in [7, 11) is 0. The molecule has 1 heterocycles. The molecule has 5 heteroatoms. The Labute approximate surface area is 159 Å². The molecule has 0 atom stereocenters. The first-order valence-corrected chi connectivity index (χ1v) is 9.52. The standard InChI is InChI=1S/C22H25FN2O2/c23-20-6-2-1-5-18(20)10-13-21(26)24-19-11-7-17(8-12-19)9-14-22(27)25-15-3-4-16-25/h1-2,5-8,11-12H,3-4,9-10,13-16H2,(H,24,26). The van der Waals surface area contributed by atoms with Crippen LogP contribution < -0.4 is 5.32 Å². The van der Waals surface area contributed by atoms with Crippen molar-refractivity contribution in [3.63, 3.8) is 0 Å². The summed E-state index contributed by atoms with van der Waals surface area (Å²) in [5, 5.41) is 2.83. The molecule has 0 saturated carbocycles. The predicted octanol–water partition coefficient (Wildman–Crippen LogP) is 3.95. The van der Waals surface area contributed by atoms with E-state index >= 15 is 0 Å². The van der Waals surface area contributed by atoms with E-state index in [0.29, 0.717) is 30.5 Å². The van der Waals surface area contributed by atoms with Gasteiger partial charge < -0.3 is 10.2 Å². The number of nitrogens with one attached hydrogen (secondary N) is 1. The number of hydrogen-bond acceptors (Lipinski definition) is 2. The fourth-order valence-corrected chi connectivity index (χ4v) is 3.30. The average Bonchev–Trinajstić information content (AvgIpc) is 3.21. The maximum Gasteiger partial charge on any atom is 0.224 e. The van der Waals surface area contributed by atoms with Crippen LogP contribution in [-0.4, -0.2) is 29.8 Å². The van der Waals surface area contributed by atoms with Gasteiger partial charge in [-0.05, 0) is 55.0 Å². The lowest BCUT2D eigenvalue weighted by atomic mass is 10.1. The number of likely N-dealkylation sites (tertiary alicyclic amines) is 1. The second-order valence-electron chi connectivity index (χ2n) is 6.92. The number of benzene rings is 2. The average molecular weight is 368 g/mol. The minimum absolute atomic E-state index is 0.143. The van der Waals surface area contributed by atoms with Gasteiger partial charge in [0.15, 0.2) is 0 Å². The zero-order chi connectivity index (χ0) is 19.1. The normalized spacial score (nSPS) is 13.6. The molecule has 1 aliphatic heterocycles. The number of hydrogen-bond donors (Lipinski definition) is 1. The van der Waals surface area contributed by atoms with Gasteiger partial charge in [0.25, 0.3) is 0 Å². The zero-order valence-electron chi connectivity index (χ0n) is 15.4. The van der Waals surface area contributed by atoms with Gasteiger partial charge in [0, 0.05) is 31.6 Å². The molecule has 1 aliphatic rings. The summed E-state index contributed by atoms with van der Waals surface area (Å²) in [4.78, 5) is 26.1. The van der Waals surface area contributed by atoms with Crippen molar-refractivity contribution in [1.29, 1.82) is 0 Å². The van der Waals surface area contributed by atoms with Gasteiger partial charge in [-0.2, -0.15) is 0 Å². The molecule has 1 saturated heterocycles. The van der Waals surface area contributed by atoms with Gasteiger partial charge >= 0.3 is 0 Å². The second kappa shape index (κ2) is 9.31. The Morgan fingerprint density at radius 3 is 2.33 bits per heavy atom. The second-order valence-corrected chi connectivity index (χ2v) is 6.92. The lowest BCUT2D eigenvalue weighted by Gasteiger charge is -2.15. The summed E-state index contributed by atoms with van der Waals surface area (Å²) in [6.45, 7) is 1.77. The third-order valence-corrected chi connectivity index (χ3v) is 4.90. The molecule has 0 bridgehead atoms. The molecule has 0 aromatic heterocycles. The van der Waals surface area contributed by atoms with Crippen LogP contribution in [0, 0.1) is 5.82 Å². The van der Waals surface area contributed by atoms with Crippen LogP contribution >= 0.6 is 0 Å². The molecule has 0 radical (unpaired) electrons. The minimum Gasteiger partial charge on any atom is -0.343 e.